The number of aromatic nitrogens is 1. The molecule has 2 N–H and O–H groups in total. The average molecular weight is 621 g/mol. The molecule has 0 saturated carbocycles. The summed E-state index contributed by atoms with van der Waals surface area (Å²) in [4.78, 5) is 15.1. The highest BCUT2D eigenvalue weighted by Crippen LogP contribution is 2.31. The summed E-state index contributed by atoms with van der Waals surface area (Å²) < 4.78 is 67.9. The number of benzene rings is 2. The lowest BCUT2D eigenvalue weighted by Crippen LogP contribution is -2.48. The molecular weight excluding hydrogens is 584 g/mol. The molecule has 1 amide bonds. The summed E-state index contributed by atoms with van der Waals surface area (Å²) in [6.07, 6.45) is -0.831. The SMILES string of the molecule is Cc1noc(C)c1S(=O)(=O)N(C)C[C@@H]1Oc2ccc(NS(=O)(=O)c3ccccc3)cc2CC(=O)N([C@@H](C)CO)C[C@@H]1C. The van der Waals surface area contributed by atoms with E-state index in [1.165, 1.54) is 42.5 Å². The summed E-state index contributed by atoms with van der Waals surface area (Å²) in [6.45, 7) is 6.51. The fraction of sp³-hybridized carbons (Fsp3) is 0.429. The molecule has 1 aliphatic heterocycles. The number of nitrogens with zero attached hydrogens (tertiary/aromatic N) is 3. The fourth-order valence-electron chi connectivity index (χ4n) is 4.87. The van der Waals surface area contributed by atoms with Gasteiger partial charge in [-0.15, -0.1) is 0 Å². The van der Waals surface area contributed by atoms with E-state index in [2.05, 4.69) is 9.88 Å². The van der Waals surface area contributed by atoms with Crippen molar-refractivity contribution in [1.82, 2.24) is 14.4 Å². The minimum Gasteiger partial charge on any atom is -0.488 e. The van der Waals surface area contributed by atoms with Crippen LogP contribution in [0.2, 0.25) is 0 Å². The van der Waals surface area contributed by atoms with Gasteiger partial charge in [0, 0.05) is 30.8 Å². The maximum Gasteiger partial charge on any atom is 0.261 e. The largest absolute Gasteiger partial charge is 0.488 e. The molecule has 0 aliphatic carbocycles. The number of aliphatic hydroxyl groups is 1. The predicted octanol–water partition coefficient (Wildman–Crippen LogP) is 2.56. The number of carbonyl (C=O) groups excluding carboxylic acids is 1. The van der Waals surface area contributed by atoms with Crippen molar-refractivity contribution in [3.05, 3.63) is 65.5 Å². The normalized spacial score (nSPS) is 18.9. The second-order valence-corrected chi connectivity index (χ2v) is 14.2. The molecule has 3 atom stereocenters. The molecule has 0 fully saturated rings. The Balaban J connectivity index is 1.70. The lowest BCUT2D eigenvalue weighted by Gasteiger charge is -2.33. The number of hydrogen-bond donors (Lipinski definition) is 2. The number of fused-ring (bicyclic) bond motifs is 1. The van der Waals surface area contributed by atoms with Gasteiger partial charge in [-0.1, -0.05) is 30.3 Å². The van der Waals surface area contributed by atoms with Crippen molar-refractivity contribution in [3.8, 4) is 5.75 Å². The predicted molar refractivity (Wildman–Crippen MR) is 155 cm³/mol. The maximum atomic E-state index is 13.5. The van der Waals surface area contributed by atoms with Crippen molar-refractivity contribution in [1.29, 1.82) is 0 Å². The Morgan fingerprint density at radius 3 is 2.45 bits per heavy atom. The summed E-state index contributed by atoms with van der Waals surface area (Å²) in [5.74, 6) is -0.141. The smallest absolute Gasteiger partial charge is 0.261 e. The zero-order chi connectivity index (χ0) is 30.8. The molecule has 3 aromatic rings. The molecule has 42 heavy (non-hydrogen) atoms. The maximum absolute atomic E-state index is 13.5. The highest BCUT2D eigenvalue weighted by atomic mass is 32.2. The minimum atomic E-state index is -3.99. The van der Waals surface area contributed by atoms with Gasteiger partial charge in [0.2, 0.25) is 15.9 Å². The van der Waals surface area contributed by atoms with E-state index < -0.39 is 32.2 Å². The molecule has 0 bridgehead atoms. The quantitative estimate of drug-likeness (QED) is 0.367. The molecule has 228 valence electrons. The average Bonchev–Trinajstić information content (AvgIpc) is 3.31. The molecule has 0 saturated heterocycles. The van der Waals surface area contributed by atoms with E-state index in [4.69, 9.17) is 9.26 Å². The molecule has 2 aromatic carbocycles. The van der Waals surface area contributed by atoms with E-state index in [-0.39, 0.29) is 64.9 Å². The summed E-state index contributed by atoms with van der Waals surface area (Å²) in [7, 11) is -6.44. The molecule has 0 radical (unpaired) electrons. The number of ether oxygens (including phenoxy) is 1. The van der Waals surface area contributed by atoms with Gasteiger partial charge in [0.25, 0.3) is 10.0 Å². The van der Waals surface area contributed by atoms with Crippen LogP contribution in [0.4, 0.5) is 5.69 Å². The third kappa shape index (κ3) is 6.61. The van der Waals surface area contributed by atoms with Crippen LogP contribution in [0.25, 0.3) is 0 Å². The highest BCUT2D eigenvalue weighted by molar-refractivity contribution is 7.92. The van der Waals surface area contributed by atoms with Gasteiger partial charge < -0.3 is 19.3 Å². The Morgan fingerprint density at radius 1 is 1.14 bits per heavy atom. The Morgan fingerprint density at radius 2 is 1.83 bits per heavy atom. The lowest BCUT2D eigenvalue weighted by molar-refractivity contribution is -0.134. The molecule has 0 unspecified atom stereocenters. The number of anilines is 1. The Bertz CT molecular complexity index is 1620. The monoisotopic (exact) mass is 620 g/mol. The molecule has 1 aromatic heterocycles. The molecule has 14 heteroatoms. The minimum absolute atomic E-state index is 0.0119. The van der Waals surface area contributed by atoms with E-state index >= 15 is 0 Å². The van der Waals surface area contributed by atoms with Gasteiger partial charge in [0.1, 0.15) is 22.4 Å². The topological polar surface area (TPSA) is 159 Å². The molecule has 4 rings (SSSR count). The van der Waals surface area contributed by atoms with Crippen LogP contribution in [0.1, 0.15) is 30.9 Å². The van der Waals surface area contributed by atoms with E-state index in [0.717, 1.165) is 0 Å². The first-order valence-corrected chi connectivity index (χ1v) is 16.3. The standard InChI is InChI=1S/C28H36N4O8S2/c1-18-15-32(19(2)17-33)27(34)14-22-13-23(30-41(35,36)24-9-7-6-8-10-24)11-12-25(22)39-26(18)16-31(5)42(37,38)28-20(3)29-40-21(28)4/h6-13,18-19,26,30,33H,14-17H2,1-5H3/t18-,19-,26-/m0/s1. The molecular formula is C28H36N4O8S2. The zero-order valence-corrected chi connectivity index (χ0v) is 25.8. The van der Waals surface area contributed by atoms with E-state index in [0.29, 0.717) is 11.3 Å². The van der Waals surface area contributed by atoms with Gasteiger partial charge in [-0.3, -0.25) is 9.52 Å². The van der Waals surface area contributed by atoms with Gasteiger partial charge in [-0.25, -0.2) is 16.8 Å². The van der Waals surface area contributed by atoms with Gasteiger partial charge in [0.15, 0.2) is 5.76 Å². The first-order chi connectivity index (χ1) is 19.7. The number of hydrogen-bond acceptors (Lipinski definition) is 9. The van der Waals surface area contributed by atoms with Crippen LogP contribution in [0.5, 0.6) is 5.75 Å². The first kappa shape index (κ1) is 31.5. The van der Waals surface area contributed by atoms with Crippen LogP contribution in [-0.2, 0) is 31.3 Å². The highest BCUT2D eigenvalue weighted by Gasteiger charge is 2.35. The summed E-state index contributed by atoms with van der Waals surface area (Å²) in [5.41, 5.74) is 0.892. The van der Waals surface area contributed by atoms with Crippen molar-refractivity contribution >= 4 is 31.6 Å². The van der Waals surface area contributed by atoms with Crippen LogP contribution in [-0.4, -0.2) is 81.1 Å². The van der Waals surface area contributed by atoms with Crippen LogP contribution in [0, 0.1) is 19.8 Å². The second kappa shape index (κ2) is 12.4. The molecule has 0 spiro atoms. The van der Waals surface area contributed by atoms with Gasteiger partial charge >= 0.3 is 0 Å². The third-order valence-electron chi connectivity index (χ3n) is 7.30. The fourth-order valence-corrected chi connectivity index (χ4v) is 7.41. The Labute approximate surface area is 246 Å². The van der Waals surface area contributed by atoms with Crippen molar-refractivity contribution in [3.63, 3.8) is 0 Å². The van der Waals surface area contributed by atoms with Crippen LogP contribution >= 0.6 is 0 Å². The van der Waals surface area contributed by atoms with E-state index in [9.17, 15) is 26.7 Å². The lowest BCUT2D eigenvalue weighted by atomic mass is 10.0. The summed E-state index contributed by atoms with van der Waals surface area (Å²) in [6, 6.07) is 12.0. The number of aryl methyl sites for hydroxylation is 2. The van der Waals surface area contributed by atoms with Crippen molar-refractivity contribution < 1.29 is 36.0 Å². The van der Waals surface area contributed by atoms with E-state index in [1.807, 2.05) is 6.92 Å². The van der Waals surface area contributed by atoms with Crippen LogP contribution in [0.3, 0.4) is 0 Å². The van der Waals surface area contributed by atoms with Crippen molar-refractivity contribution in [2.45, 2.75) is 56.1 Å². The number of nitrogens with one attached hydrogen (secondary N) is 1. The van der Waals surface area contributed by atoms with Gasteiger partial charge in [0.05, 0.1) is 30.5 Å². The Kier molecular flexibility index (Phi) is 9.30. The zero-order valence-electron chi connectivity index (χ0n) is 24.1. The number of rotatable bonds is 9. The van der Waals surface area contributed by atoms with Crippen LogP contribution < -0.4 is 9.46 Å². The van der Waals surface area contributed by atoms with Gasteiger partial charge in [-0.05, 0) is 51.1 Å². The number of likely N-dealkylation sites (N-methyl/N-ethyl adjacent to an activating group) is 1. The van der Waals surface area contributed by atoms with E-state index in [1.54, 1.807) is 43.0 Å². The number of amides is 1. The summed E-state index contributed by atoms with van der Waals surface area (Å²) in [5, 5.41) is 13.6. The number of carbonyl (C=O) groups is 1. The molecule has 2 heterocycles. The van der Waals surface area contributed by atoms with Crippen LogP contribution in [0.15, 0.2) is 62.8 Å². The first-order valence-electron chi connectivity index (χ1n) is 13.4. The second-order valence-electron chi connectivity index (χ2n) is 10.6. The molecule has 12 nitrogen and oxygen atoms in total. The Hall–Kier alpha value is -3.46. The number of sulfonamides is 2. The van der Waals surface area contributed by atoms with Gasteiger partial charge in [-0.2, -0.15) is 4.31 Å². The number of aliphatic hydroxyl groups excluding tert-OH is 1. The third-order valence-corrected chi connectivity index (χ3v) is 10.8. The van der Waals surface area contributed by atoms with Crippen molar-refractivity contribution in [2.75, 3.05) is 31.5 Å². The molecule has 1 aliphatic rings. The summed E-state index contributed by atoms with van der Waals surface area (Å²) >= 11 is 0. The van der Waals surface area contributed by atoms with Crippen molar-refractivity contribution in [2.24, 2.45) is 5.92 Å².